The zero-order valence-corrected chi connectivity index (χ0v) is 17.5. The molecule has 0 saturated carbocycles. The number of anilines is 2. The predicted molar refractivity (Wildman–Crippen MR) is 113 cm³/mol. The van der Waals surface area contributed by atoms with E-state index in [0.717, 1.165) is 46.5 Å². The standard InChI is InChI=1S/C20H23N5O3S/c1-13-14(2)23-28-18(13)22-19(26)24-7-9-25(10-8-24)20-21-17(12-29-20)15-5-4-6-16(11-15)27-3/h4-6,11-12H,7-10H2,1-3H3,(H,22,26). The van der Waals surface area contributed by atoms with Crippen LogP contribution < -0.4 is 15.0 Å². The molecule has 1 fully saturated rings. The van der Waals surface area contributed by atoms with Crippen LogP contribution in [0.5, 0.6) is 5.75 Å². The minimum absolute atomic E-state index is 0.167. The quantitative estimate of drug-likeness (QED) is 0.701. The number of urea groups is 1. The van der Waals surface area contributed by atoms with Crippen LogP contribution in [0.15, 0.2) is 34.2 Å². The Hall–Kier alpha value is -3.07. The second kappa shape index (κ2) is 8.12. The van der Waals surface area contributed by atoms with E-state index in [0.29, 0.717) is 19.0 Å². The highest BCUT2D eigenvalue weighted by molar-refractivity contribution is 7.14. The SMILES string of the molecule is COc1cccc(-c2csc(N3CCN(C(=O)Nc4onc(C)c4C)CC3)n2)c1. The van der Waals surface area contributed by atoms with Gasteiger partial charge in [-0.25, -0.2) is 9.78 Å². The van der Waals surface area contributed by atoms with Crippen LogP contribution in [-0.2, 0) is 0 Å². The van der Waals surface area contributed by atoms with E-state index in [-0.39, 0.29) is 6.03 Å². The number of nitrogens with zero attached hydrogens (tertiary/aromatic N) is 4. The molecule has 0 atom stereocenters. The second-order valence-electron chi connectivity index (χ2n) is 6.87. The number of aryl methyl sites for hydroxylation is 1. The fraction of sp³-hybridized carbons (Fsp3) is 0.350. The van der Waals surface area contributed by atoms with Crippen LogP contribution in [0.1, 0.15) is 11.3 Å². The van der Waals surface area contributed by atoms with Crippen molar-refractivity contribution in [3.8, 4) is 17.0 Å². The second-order valence-corrected chi connectivity index (χ2v) is 7.71. The molecule has 152 valence electrons. The van der Waals surface area contributed by atoms with Crippen LogP contribution in [0.2, 0.25) is 0 Å². The number of benzene rings is 1. The smallest absolute Gasteiger partial charge is 0.324 e. The van der Waals surface area contributed by atoms with Gasteiger partial charge in [-0.15, -0.1) is 11.3 Å². The van der Waals surface area contributed by atoms with Crippen LogP contribution in [0.25, 0.3) is 11.3 Å². The van der Waals surface area contributed by atoms with Gasteiger partial charge in [0.15, 0.2) is 5.13 Å². The largest absolute Gasteiger partial charge is 0.497 e. The number of hydrogen-bond donors (Lipinski definition) is 1. The van der Waals surface area contributed by atoms with Gasteiger partial charge in [0.25, 0.3) is 0 Å². The normalized spacial score (nSPS) is 14.2. The van der Waals surface area contributed by atoms with Gasteiger partial charge in [-0.3, -0.25) is 5.32 Å². The molecular weight excluding hydrogens is 390 g/mol. The van der Waals surface area contributed by atoms with Crippen LogP contribution in [-0.4, -0.2) is 54.4 Å². The summed E-state index contributed by atoms with van der Waals surface area (Å²) in [7, 11) is 1.66. The van der Waals surface area contributed by atoms with Crippen molar-refractivity contribution in [3.63, 3.8) is 0 Å². The maximum Gasteiger partial charge on any atom is 0.324 e. The number of amides is 2. The average Bonchev–Trinajstić information content (AvgIpc) is 3.37. The fourth-order valence-corrected chi connectivity index (χ4v) is 4.02. The number of ether oxygens (including phenoxy) is 1. The van der Waals surface area contributed by atoms with Gasteiger partial charge in [0.1, 0.15) is 5.75 Å². The lowest BCUT2D eigenvalue weighted by Crippen LogP contribution is -2.50. The molecule has 1 N–H and O–H groups in total. The average molecular weight is 414 g/mol. The fourth-order valence-electron chi connectivity index (χ4n) is 3.13. The molecule has 2 aromatic heterocycles. The first-order chi connectivity index (χ1) is 14.0. The van der Waals surface area contributed by atoms with Crippen molar-refractivity contribution < 1.29 is 14.1 Å². The van der Waals surface area contributed by atoms with Gasteiger partial charge >= 0.3 is 6.03 Å². The lowest BCUT2D eigenvalue weighted by molar-refractivity contribution is 0.207. The molecule has 0 spiro atoms. The summed E-state index contributed by atoms with van der Waals surface area (Å²) in [6, 6.07) is 7.72. The number of piperazine rings is 1. The number of hydrogen-bond acceptors (Lipinski definition) is 7. The number of methoxy groups -OCH3 is 1. The van der Waals surface area contributed by atoms with Gasteiger partial charge in [-0.2, -0.15) is 0 Å². The Balaban J connectivity index is 1.36. The first-order valence-electron chi connectivity index (χ1n) is 9.39. The van der Waals surface area contributed by atoms with E-state index in [9.17, 15) is 4.79 Å². The molecule has 4 rings (SSSR count). The van der Waals surface area contributed by atoms with E-state index in [2.05, 4.69) is 20.8 Å². The molecule has 9 heteroatoms. The summed E-state index contributed by atoms with van der Waals surface area (Å²) in [5.41, 5.74) is 3.59. The maximum absolute atomic E-state index is 12.5. The van der Waals surface area contributed by atoms with Crippen LogP contribution >= 0.6 is 11.3 Å². The molecule has 1 aliphatic heterocycles. The summed E-state index contributed by atoms with van der Waals surface area (Å²) in [6.07, 6.45) is 0. The van der Waals surface area contributed by atoms with Crippen molar-refractivity contribution in [2.75, 3.05) is 43.5 Å². The Kier molecular flexibility index (Phi) is 5.39. The van der Waals surface area contributed by atoms with E-state index in [1.807, 2.05) is 38.1 Å². The van der Waals surface area contributed by atoms with Crippen LogP contribution in [0, 0.1) is 13.8 Å². The van der Waals surface area contributed by atoms with Gasteiger partial charge in [0.2, 0.25) is 5.88 Å². The molecule has 0 unspecified atom stereocenters. The summed E-state index contributed by atoms with van der Waals surface area (Å²) >= 11 is 1.61. The summed E-state index contributed by atoms with van der Waals surface area (Å²) < 4.78 is 10.5. The Bertz CT molecular complexity index is 1010. The van der Waals surface area contributed by atoms with Crippen LogP contribution in [0.4, 0.5) is 15.8 Å². The number of nitrogens with one attached hydrogen (secondary N) is 1. The van der Waals surface area contributed by atoms with E-state index in [4.69, 9.17) is 14.2 Å². The molecule has 0 radical (unpaired) electrons. The Morgan fingerprint density at radius 3 is 2.72 bits per heavy atom. The summed E-state index contributed by atoms with van der Waals surface area (Å²) in [6.45, 7) is 6.42. The van der Waals surface area contributed by atoms with Gasteiger partial charge in [0, 0.05) is 42.7 Å². The van der Waals surface area contributed by atoms with Crippen molar-refractivity contribution in [2.24, 2.45) is 0 Å². The molecule has 2 amide bonds. The molecular formula is C20H23N5O3S. The van der Waals surface area contributed by atoms with Crippen molar-refractivity contribution in [2.45, 2.75) is 13.8 Å². The summed E-state index contributed by atoms with van der Waals surface area (Å²) in [4.78, 5) is 21.3. The highest BCUT2D eigenvalue weighted by Crippen LogP contribution is 2.30. The zero-order chi connectivity index (χ0) is 20.4. The van der Waals surface area contributed by atoms with Gasteiger partial charge in [-0.1, -0.05) is 17.3 Å². The first-order valence-corrected chi connectivity index (χ1v) is 10.3. The van der Waals surface area contributed by atoms with E-state index in [1.165, 1.54) is 0 Å². The topological polar surface area (TPSA) is 83.7 Å². The monoisotopic (exact) mass is 413 g/mol. The first kappa shape index (κ1) is 19.3. The highest BCUT2D eigenvalue weighted by Gasteiger charge is 2.24. The van der Waals surface area contributed by atoms with E-state index in [1.54, 1.807) is 23.3 Å². The van der Waals surface area contributed by atoms with E-state index < -0.39 is 0 Å². The minimum Gasteiger partial charge on any atom is -0.497 e. The number of aromatic nitrogens is 2. The third kappa shape index (κ3) is 4.04. The van der Waals surface area contributed by atoms with Gasteiger partial charge < -0.3 is 19.1 Å². The molecule has 8 nitrogen and oxygen atoms in total. The van der Waals surface area contributed by atoms with Crippen molar-refractivity contribution in [1.29, 1.82) is 0 Å². The van der Waals surface area contributed by atoms with Crippen LogP contribution in [0.3, 0.4) is 0 Å². The Morgan fingerprint density at radius 1 is 1.24 bits per heavy atom. The number of rotatable bonds is 4. The lowest BCUT2D eigenvalue weighted by atomic mass is 10.2. The molecule has 0 bridgehead atoms. The Morgan fingerprint density at radius 2 is 2.03 bits per heavy atom. The summed E-state index contributed by atoms with van der Waals surface area (Å²) in [5, 5.41) is 9.70. The molecule has 3 heterocycles. The molecule has 1 saturated heterocycles. The van der Waals surface area contributed by atoms with Crippen molar-refractivity contribution >= 4 is 28.4 Å². The Labute approximate surface area is 173 Å². The third-order valence-electron chi connectivity index (χ3n) is 5.07. The predicted octanol–water partition coefficient (Wildman–Crippen LogP) is 3.78. The number of carbonyl (C=O) groups is 1. The van der Waals surface area contributed by atoms with Gasteiger partial charge in [0.05, 0.1) is 18.5 Å². The molecule has 29 heavy (non-hydrogen) atoms. The molecule has 1 aliphatic rings. The maximum atomic E-state index is 12.5. The van der Waals surface area contributed by atoms with Crippen molar-refractivity contribution in [3.05, 3.63) is 40.9 Å². The third-order valence-corrected chi connectivity index (χ3v) is 5.97. The number of carbonyl (C=O) groups excluding carboxylic acids is 1. The van der Waals surface area contributed by atoms with E-state index >= 15 is 0 Å². The minimum atomic E-state index is -0.167. The lowest BCUT2D eigenvalue weighted by Gasteiger charge is -2.34. The molecule has 1 aromatic carbocycles. The number of thiazole rings is 1. The zero-order valence-electron chi connectivity index (χ0n) is 16.6. The molecule has 3 aromatic rings. The summed E-state index contributed by atoms with van der Waals surface area (Å²) in [5.74, 6) is 1.23. The highest BCUT2D eigenvalue weighted by atomic mass is 32.1. The molecule has 0 aliphatic carbocycles. The van der Waals surface area contributed by atoms with Gasteiger partial charge in [-0.05, 0) is 26.0 Å². The van der Waals surface area contributed by atoms with Crippen molar-refractivity contribution in [1.82, 2.24) is 15.0 Å².